The second-order valence-corrected chi connectivity index (χ2v) is 9.23. The molecule has 0 radical (unpaired) electrons. The summed E-state index contributed by atoms with van der Waals surface area (Å²) < 4.78 is 10.4. The third-order valence-electron chi connectivity index (χ3n) is 4.77. The Balaban J connectivity index is 1.60. The first kappa shape index (κ1) is 23.2. The molecule has 0 heterocycles. The summed E-state index contributed by atoms with van der Waals surface area (Å²) in [7, 11) is 6.56. The summed E-state index contributed by atoms with van der Waals surface area (Å²) in [6.07, 6.45) is 15.3. The number of hydrogen-bond acceptors (Lipinski definition) is 4. The van der Waals surface area contributed by atoms with Gasteiger partial charge in [-0.05, 0) is 84.0 Å². The van der Waals surface area contributed by atoms with Gasteiger partial charge in [-0.2, -0.15) is 0 Å². The monoisotopic (exact) mass is 482 g/mol. The maximum atomic E-state index is 5.21. The number of rotatable bonds is 6. The van der Waals surface area contributed by atoms with Gasteiger partial charge in [0.2, 0.25) is 0 Å². The standard InChI is InChI=1S/C28H22N2O2S2/c1-31-23-15-11-21(12-16-23)19-29-25-7-3-5-9-27(25)33-34-28-10-6-4-8-26(28)30-20-22-13-17-24(32-2)18-14-22/h3-4,7-20H,1-2H3. The Bertz CT molecular complexity index is 1320. The van der Waals surface area contributed by atoms with Crippen molar-refractivity contribution in [2.75, 3.05) is 14.2 Å². The summed E-state index contributed by atoms with van der Waals surface area (Å²) in [4.78, 5) is 11.4. The van der Waals surface area contributed by atoms with Gasteiger partial charge in [0.1, 0.15) is 11.5 Å². The minimum atomic E-state index is 0.823. The second kappa shape index (κ2) is 11.8. The van der Waals surface area contributed by atoms with Crippen LogP contribution in [0.25, 0.3) is 0 Å². The van der Waals surface area contributed by atoms with Crippen LogP contribution in [0.3, 0.4) is 0 Å². The molecule has 4 nitrogen and oxygen atoms in total. The van der Waals surface area contributed by atoms with Gasteiger partial charge in [0.05, 0.1) is 35.3 Å². The third kappa shape index (κ3) is 6.32. The highest BCUT2D eigenvalue weighted by molar-refractivity contribution is 8.25. The molecule has 0 saturated heterocycles. The van der Waals surface area contributed by atoms with Gasteiger partial charge in [-0.1, -0.05) is 19.8 Å². The van der Waals surface area contributed by atoms with Crippen LogP contribution < -0.4 is 9.47 Å². The molecule has 0 aromatic heterocycles. The van der Waals surface area contributed by atoms with Gasteiger partial charge >= 0.3 is 0 Å². The van der Waals surface area contributed by atoms with Crippen LogP contribution in [0, 0.1) is 0 Å². The molecule has 34 heavy (non-hydrogen) atoms. The van der Waals surface area contributed by atoms with E-state index in [2.05, 4.69) is 21.4 Å². The van der Waals surface area contributed by atoms with Crippen molar-refractivity contribution < 1.29 is 9.47 Å². The van der Waals surface area contributed by atoms with E-state index in [9.17, 15) is 0 Å². The number of benzene rings is 2. The first-order valence-electron chi connectivity index (χ1n) is 10.5. The highest BCUT2D eigenvalue weighted by atomic mass is 32.8. The molecule has 0 aliphatic heterocycles. The predicted molar refractivity (Wildman–Crippen MR) is 147 cm³/mol. The van der Waals surface area contributed by atoms with Crippen LogP contribution in [0.15, 0.2) is 118 Å². The average molecular weight is 483 g/mol. The van der Waals surface area contributed by atoms with Gasteiger partial charge in [-0.25, -0.2) is 0 Å². The van der Waals surface area contributed by atoms with E-state index in [1.54, 1.807) is 34.0 Å². The van der Waals surface area contributed by atoms with Crippen molar-refractivity contribution >= 4 is 42.0 Å². The summed E-state index contributed by atoms with van der Waals surface area (Å²) in [5, 5.41) is 0. The topological polar surface area (TPSA) is 43.2 Å². The summed E-state index contributed by atoms with van der Waals surface area (Å²) in [5.74, 6) is 1.65. The van der Waals surface area contributed by atoms with Gasteiger partial charge in [-0.15, -0.1) is 11.5 Å². The lowest BCUT2D eigenvalue weighted by molar-refractivity contribution is 0.414. The van der Waals surface area contributed by atoms with Crippen LogP contribution in [0.2, 0.25) is 0 Å². The molecule has 2 aliphatic rings. The van der Waals surface area contributed by atoms with Crippen LogP contribution in [0.1, 0.15) is 11.1 Å². The van der Waals surface area contributed by atoms with Crippen LogP contribution in [-0.4, -0.2) is 36.4 Å². The molecule has 0 unspecified atom stereocenters. The quantitative estimate of drug-likeness (QED) is 0.334. The van der Waals surface area contributed by atoms with Gasteiger partial charge < -0.3 is 9.47 Å². The summed E-state index contributed by atoms with van der Waals surface area (Å²) >= 11 is 0. The summed E-state index contributed by atoms with van der Waals surface area (Å²) in [6, 6.07) is 15.6. The van der Waals surface area contributed by atoms with Crippen molar-refractivity contribution in [2.45, 2.75) is 0 Å². The third-order valence-corrected chi connectivity index (χ3v) is 7.19. The molecule has 168 valence electrons. The number of aliphatic imine (C=N–C) groups is 2. The molecule has 6 heteroatoms. The summed E-state index contributed by atoms with van der Waals surface area (Å²) in [5.41, 5.74) is 10.1. The zero-order valence-corrected chi connectivity index (χ0v) is 20.4. The van der Waals surface area contributed by atoms with E-state index < -0.39 is 0 Å². The number of nitrogens with zero attached hydrogens (tertiary/aromatic N) is 2. The Labute approximate surface area is 205 Å². The Morgan fingerprint density at radius 2 is 1.06 bits per heavy atom. The minimum Gasteiger partial charge on any atom is -0.497 e. The lowest BCUT2D eigenvalue weighted by Crippen LogP contribution is -2.01. The van der Waals surface area contributed by atoms with Gasteiger partial charge in [0.15, 0.2) is 0 Å². The molecule has 0 bridgehead atoms. The Morgan fingerprint density at radius 3 is 1.44 bits per heavy atom. The van der Waals surface area contributed by atoms with E-state index >= 15 is 0 Å². The largest absolute Gasteiger partial charge is 0.497 e. The number of allylic oxidation sites excluding steroid dienone is 4. The fourth-order valence-electron chi connectivity index (χ4n) is 2.92. The second-order valence-electron chi connectivity index (χ2n) is 7.02. The first-order chi connectivity index (χ1) is 16.7. The van der Waals surface area contributed by atoms with Gasteiger partial charge in [0.25, 0.3) is 0 Å². The van der Waals surface area contributed by atoms with Crippen molar-refractivity contribution in [3.05, 3.63) is 119 Å². The maximum Gasteiger partial charge on any atom is 0.118 e. The highest BCUT2D eigenvalue weighted by Crippen LogP contribution is 2.13. The Morgan fingerprint density at radius 1 is 0.647 bits per heavy atom. The SMILES string of the molecule is COc1ccc(C=NC2=CC=C=CC2=S=S=C2C=C=CC=C2N=Cc2ccc(OC)cc2)cc1. The molecule has 2 aliphatic carbocycles. The molecule has 2 aromatic rings. The van der Waals surface area contributed by atoms with Gasteiger partial charge in [-0.3, -0.25) is 9.98 Å². The van der Waals surface area contributed by atoms with Gasteiger partial charge in [0, 0.05) is 24.6 Å². The molecule has 0 fully saturated rings. The molecule has 0 atom stereocenters. The molecule has 4 rings (SSSR count). The molecule has 2 aromatic carbocycles. The smallest absolute Gasteiger partial charge is 0.118 e. The first-order valence-corrected chi connectivity index (χ1v) is 12.6. The normalized spacial score (nSPS) is 14.5. The lowest BCUT2D eigenvalue weighted by atomic mass is 10.2. The van der Waals surface area contributed by atoms with E-state index in [1.165, 1.54) is 0 Å². The van der Waals surface area contributed by atoms with Crippen LogP contribution in [0.4, 0.5) is 0 Å². The molecular formula is C28H22N2O2S2. The number of ether oxygens (including phenoxy) is 2. The predicted octanol–water partition coefficient (Wildman–Crippen LogP) is 4.88. The molecular weight excluding hydrogens is 460 g/mol. The molecule has 0 saturated carbocycles. The fraction of sp³-hybridized carbons (Fsp3) is 0.0714. The van der Waals surface area contributed by atoms with Crippen LogP contribution in [0.5, 0.6) is 11.5 Å². The van der Waals surface area contributed by atoms with Crippen LogP contribution in [-0.2, 0) is 19.8 Å². The van der Waals surface area contributed by atoms with Crippen molar-refractivity contribution in [2.24, 2.45) is 9.98 Å². The van der Waals surface area contributed by atoms with Crippen molar-refractivity contribution in [1.82, 2.24) is 0 Å². The molecule has 0 spiro atoms. The molecule has 0 amide bonds. The maximum absolute atomic E-state index is 5.21. The number of hydrogen-bond donors (Lipinski definition) is 0. The van der Waals surface area contributed by atoms with E-state index in [-0.39, 0.29) is 0 Å². The van der Waals surface area contributed by atoms with Crippen molar-refractivity contribution in [3.8, 4) is 11.5 Å². The van der Waals surface area contributed by atoms with E-state index in [1.807, 2.05) is 97.4 Å². The zero-order chi connectivity index (χ0) is 23.6. The highest BCUT2D eigenvalue weighted by Gasteiger charge is 2.04. The van der Waals surface area contributed by atoms with Crippen molar-refractivity contribution in [1.29, 1.82) is 0 Å². The molecule has 0 N–H and O–H groups in total. The average Bonchev–Trinajstić information content (AvgIpc) is 2.91. The van der Waals surface area contributed by atoms with E-state index in [0.29, 0.717) is 0 Å². The van der Waals surface area contributed by atoms with E-state index in [0.717, 1.165) is 43.7 Å². The van der Waals surface area contributed by atoms with Crippen LogP contribution >= 0.6 is 0 Å². The summed E-state index contributed by atoms with van der Waals surface area (Å²) in [6.45, 7) is 0. The van der Waals surface area contributed by atoms with E-state index in [4.69, 9.17) is 9.47 Å². The zero-order valence-electron chi connectivity index (χ0n) is 18.8. The Hall–Kier alpha value is -3.92. The Kier molecular flexibility index (Phi) is 8.07. The lowest BCUT2D eigenvalue weighted by Gasteiger charge is -2.03. The van der Waals surface area contributed by atoms with Crippen molar-refractivity contribution in [3.63, 3.8) is 0 Å². The minimum absolute atomic E-state index is 0.823. The fourth-order valence-corrected chi connectivity index (χ4v) is 5.08. The number of methoxy groups -OCH3 is 2.